The highest BCUT2D eigenvalue weighted by Crippen LogP contribution is 2.18. The summed E-state index contributed by atoms with van der Waals surface area (Å²) in [5.41, 5.74) is 1.06. The number of halogens is 2. The molecule has 0 amide bonds. The maximum absolute atomic E-state index is 13.5. The van der Waals surface area contributed by atoms with Crippen molar-refractivity contribution in [2.45, 2.75) is 19.3 Å². The molecule has 6 heteroatoms. The molecule has 1 aromatic heterocycles. The van der Waals surface area contributed by atoms with Crippen LogP contribution >= 0.6 is 11.3 Å². The summed E-state index contributed by atoms with van der Waals surface area (Å²) in [6, 6.07) is 3.44. The van der Waals surface area contributed by atoms with Gasteiger partial charge in [0.2, 0.25) is 0 Å². The first-order valence-corrected chi connectivity index (χ1v) is 6.51. The number of aromatic nitrogens is 1. The minimum absolute atomic E-state index is 0.0219. The average molecular weight is 283 g/mol. The SMILES string of the molecule is O=C(O)CCc1csc(Cc2ccc(F)cc2F)n1. The fourth-order valence-corrected chi connectivity index (χ4v) is 2.46. The van der Waals surface area contributed by atoms with E-state index in [9.17, 15) is 13.6 Å². The summed E-state index contributed by atoms with van der Waals surface area (Å²) in [7, 11) is 0. The largest absolute Gasteiger partial charge is 0.481 e. The van der Waals surface area contributed by atoms with Gasteiger partial charge in [-0.25, -0.2) is 13.8 Å². The molecule has 2 rings (SSSR count). The third-order valence-electron chi connectivity index (χ3n) is 2.55. The number of aryl methyl sites for hydroxylation is 1. The molecule has 0 fully saturated rings. The van der Waals surface area contributed by atoms with Crippen LogP contribution in [0.25, 0.3) is 0 Å². The number of hydrogen-bond acceptors (Lipinski definition) is 3. The van der Waals surface area contributed by atoms with Gasteiger partial charge in [0.05, 0.1) is 17.1 Å². The van der Waals surface area contributed by atoms with E-state index in [2.05, 4.69) is 4.98 Å². The number of hydrogen-bond donors (Lipinski definition) is 1. The van der Waals surface area contributed by atoms with Crippen LogP contribution in [0.5, 0.6) is 0 Å². The van der Waals surface area contributed by atoms with E-state index in [1.807, 2.05) is 0 Å². The summed E-state index contributed by atoms with van der Waals surface area (Å²) in [6.45, 7) is 0. The number of thiazole rings is 1. The van der Waals surface area contributed by atoms with Crippen molar-refractivity contribution in [3.8, 4) is 0 Å². The summed E-state index contributed by atoms with van der Waals surface area (Å²) in [4.78, 5) is 14.7. The molecule has 0 aliphatic carbocycles. The monoisotopic (exact) mass is 283 g/mol. The number of rotatable bonds is 5. The smallest absolute Gasteiger partial charge is 0.303 e. The van der Waals surface area contributed by atoms with Crippen LogP contribution in [-0.2, 0) is 17.6 Å². The fourth-order valence-electron chi connectivity index (χ4n) is 1.61. The van der Waals surface area contributed by atoms with Crippen LogP contribution in [0, 0.1) is 11.6 Å². The zero-order chi connectivity index (χ0) is 13.8. The van der Waals surface area contributed by atoms with Crippen molar-refractivity contribution < 1.29 is 18.7 Å². The van der Waals surface area contributed by atoms with E-state index in [-0.39, 0.29) is 12.8 Å². The summed E-state index contributed by atoms with van der Waals surface area (Å²) in [5, 5.41) is 11.0. The van der Waals surface area contributed by atoms with E-state index in [0.717, 1.165) is 6.07 Å². The van der Waals surface area contributed by atoms with Crippen LogP contribution in [0.1, 0.15) is 22.7 Å². The van der Waals surface area contributed by atoms with Crippen molar-refractivity contribution in [1.29, 1.82) is 0 Å². The van der Waals surface area contributed by atoms with Gasteiger partial charge in [0.25, 0.3) is 0 Å². The Labute approximate surface area is 112 Å². The lowest BCUT2D eigenvalue weighted by Crippen LogP contribution is -1.98. The summed E-state index contributed by atoms with van der Waals surface area (Å²) >= 11 is 1.34. The Morgan fingerprint density at radius 3 is 2.84 bits per heavy atom. The summed E-state index contributed by atoms with van der Waals surface area (Å²) in [5.74, 6) is -2.08. The van der Waals surface area contributed by atoms with E-state index in [1.54, 1.807) is 5.38 Å². The number of carboxylic acid groups (broad SMARTS) is 1. The standard InChI is InChI=1S/C13H11F2NO2S/c14-9-2-1-8(11(15)6-9)5-12-16-10(7-19-12)3-4-13(17)18/h1-2,6-7H,3-5H2,(H,17,18). The number of nitrogens with zero attached hydrogens (tertiary/aromatic N) is 1. The van der Waals surface area contributed by atoms with Crippen LogP contribution in [0.3, 0.4) is 0 Å². The van der Waals surface area contributed by atoms with Crippen LogP contribution in [-0.4, -0.2) is 16.1 Å². The topological polar surface area (TPSA) is 50.2 Å². The first kappa shape index (κ1) is 13.6. The molecule has 0 saturated carbocycles. The predicted octanol–water partition coefficient (Wildman–Crippen LogP) is 3.03. The minimum Gasteiger partial charge on any atom is -0.481 e. The van der Waals surface area contributed by atoms with E-state index in [4.69, 9.17) is 5.11 Å². The number of aliphatic carboxylic acids is 1. The van der Waals surface area contributed by atoms with Crippen LogP contribution < -0.4 is 0 Å². The van der Waals surface area contributed by atoms with Crippen molar-refractivity contribution in [2.24, 2.45) is 0 Å². The average Bonchev–Trinajstić information content (AvgIpc) is 2.78. The molecule has 1 aromatic carbocycles. The molecule has 1 N–H and O–H groups in total. The lowest BCUT2D eigenvalue weighted by molar-refractivity contribution is -0.136. The van der Waals surface area contributed by atoms with Crippen molar-refractivity contribution >= 4 is 17.3 Å². The van der Waals surface area contributed by atoms with Crippen LogP contribution in [0.15, 0.2) is 23.6 Å². The molecule has 0 aliphatic heterocycles. The Kier molecular flexibility index (Phi) is 4.21. The first-order valence-electron chi connectivity index (χ1n) is 5.63. The number of carboxylic acids is 1. The van der Waals surface area contributed by atoms with Crippen LogP contribution in [0.2, 0.25) is 0 Å². The number of carbonyl (C=O) groups is 1. The second kappa shape index (κ2) is 5.88. The molecule has 3 nitrogen and oxygen atoms in total. The molecule has 0 radical (unpaired) electrons. The van der Waals surface area contributed by atoms with Gasteiger partial charge in [-0.1, -0.05) is 6.07 Å². The quantitative estimate of drug-likeness (QED) is 0.917. The van der Waals surface area contributed by atoms with Gasteiger partial charge < -0.3 is 5.11 Å². The van der Waals surface area contributed by atoms with Crippen molar-refractivity contribution in [2.75, 3.05) is 0 Å². The lowest BCUT2D eigenvalue weighted by Gasteiger charge is -2.00. The van der Waals surface area contributed by atoms with E-state index in [0.29, 0.717) is 22.7 Å². The third kappa shape index (κ3) is 3.82. The Bertz CT molecular complexity index is 598. The van der Waals surface area contributed by atoms with Gasteiger partial charge in [0.1, 0.15) is 11.6 Å². The van der Waals surface area contributed by atoms with Crippen molar-refractivity contribution in [1.82, 2.24) is 4.98 Å². The van der Waals surface area contributed by atoms with E-state index < -0.39 is 17.6 Å². The van der Waals surface area contributed by atoms with Gasteiger partial charge in [-0.15, -0.1) is 11.3 Å². The molecule has 0 aliphatic rings. The highest BCUT2D eigenvalue weighted by Gasteiger charge is 2.09. The Morgan fingerprint density at radius 1 is 1.37 bits per heavy atom. The van der Waals surface area contributed by atoms with Gasteiger partial charge in [0.15, 0.2) is 0 Å². The molecule has 0 saturated heterocycles. The Balaban J connectivity index is 2.05. The second-order valence-corrected chi connectivity index (χ2v) is 4.98. The molecule has 0 bridgehead atoms. The van der Waals surface area contributed by atoms with E-state index >= 15 is 0 Å². The molecular formula is C13H11F2NO2S. The van der Waals surface area contributed by atoms with Gasteiger partial charge in [-0.2, -0.15) is 0 Å². The zero-order valence-electron chi connectivity index (χ0n) is 9.90. The Hall–Kier alpha value is -1.82. The molecule has 0 unspecified atom stereocenters. The van der Waals surface area contributed by atoms with Gasteiger partial charge in [0, 0.05) is 24.3 Å². The molecule has 0 atom stereocenters. The highest BCUT2D eigenvalue weighted by atomic mass is 32.1. The maximum Gasteiger partial charge on any atom is 0.303 e. The predicted molar refractivity (Wildman–Crippen MR) is 67.2 cm³/mol. The zero-order valence-corrected chi connectivity index (χ0v) is 10.7. The summed E-state index contributed by atoms with van der Waals surface area (Å²) < 4.78 is 26.2. The maximum atomic E-state index is 13.5. The van der Waals surface area contributed by atoms with E-state index in [1.165, 1.54) is 23.5 Å². The van der Waals surface area contributed by atoms with Gasteiger partial charge in [-0.3, -0.25) is 4.79 Å². The normalized spacial score (nSPS) is 10.6. The Morgan fingerprint density at radius 2 is 2.16 bits per heavy atom. The van der Waals surface area contributed by atoms with Gasteiger partial charge in [-0.05, 0) is 11.6 Å². The fraction of sp³-hybridized carbons (Fsp3) is 0.231. The highest BCUT2D eigenvalue weighted by molar-refractivity contribution is 7.09. The van der Waals surface area contributed by atoms with Crippen molar-refractivity contribution in [3.63, 3.8) is 0 Å². The van der Waals surface area contributed by atoms with Gasteiger partial charge >= 0.3 is 5.97 Å². The second-order valence-electron chi connectivity index (χ2n) is 4.04. The summed E-state index contributed by atoms with van der Waals surface area (Å²) in [6.07, 6.45) is 0.662. The van der Waals surface area contributed by atoms with Crippen LogP contribution in [0.4, 0.5) is 8.78 Å². The van der Waals surface area contributed by atoms with Crippen molar-refractivity contribution in [3.05, 3.63) is 51.5 Å². The number of benzene rings is 1. The molecule has 100 valence electrons. The third-order valence-corrected chi connectivity index (χ3v) is 3.45. The molecule has 2 aromatic rings. The minimum atomic E-state index is -0.876. The lowest BCUT2D eigenvalue weighted by atomic mass is 10.1. The molecule has 1 heterocycles. The molecule has 19 heavy (non-hydrogen) atoms. The molecule has 0 spiro atoms. The first-order chi connectivity index (χ1) is 9.04. The molecular weight excluding hydrogens is 272 g/mol.